The number of anilines is 1. The van der Waals surface area contributed by atoms with Crippen molar-refractivity contribution in [3.63, 3.8) is 0 Å². The van der Waals surface area contributed by atoms with Gasteiger partial charge >= 0.3 is 0 Å². The molecule has 1 aromatic heterocycles. The number of piperidine rings is 1. The molecule has 3 aliphatic rings. The quantitative estimate of drug-likeness (QED) is 0.294. The third-order valence-electron chi connectivity index (χ3n) is 8.80. The van der Waals surface area contributed by atoms with E-state index < -0.39 is 0 Å². The van der Waals surface area contributed by atoms with Crippen LogP contribution in [-0.4, -0.2) is 45.7 Å². The minimum Gasteiger partial charge on any atom is -0.497 e. The molecule has 1 aliphatic heterocycles. The standard InChI is InChI=1S/C34H40N2O3/c1-37-29-14-15-31-26(21-29)5-4-6-30(27-11-16-32(35-22-27)23-7-8-23)33(31)24-9-12-28(13-10-24)36-19-17-25(18-20-36)34(38-2)39-3/h9-16,21-23,25,34H,4-8,17-20H2,1-3H3. The van der Waals surface area contributed by atoms with Gasteiger partial charge in [-0.1, -0.05) is 24.3 Å². The van der Waals surface area contributed by atoms with E-state index in [1.54, 1.807) is 21.3 Å². The molecule has 1 saturated carbocycles. The van der Waals surface area contributed by atoms with E-state index in [2.05, 4.69) is 65.7 Å². The fraction of sp³-hybridized carbons (Fsp3) is 0.441. The molecule has 0 amide bonds. The Hall–Kier alpha value is -3.15. The first kappa shape index (κ1) is 26.1. The van der Waals surface area contributed by atoms with Gasteiger partial charge in [0.05, 0.1) is 7.11 Å². The molecule has 5 nitrogen and oxygen atoms in total. The number of pyridine rings is 1. The molecule has 0 N–H and O–H groups in total. The van der Waals surface area contributed by atoms with Crippen LogP contribution in [0.3, 0.4) is 0 Å². The average molecular weight is 525 g/mol. The smallest absolute Gasteiger partial charge is 0.159 e. The first-order chi connectivity index (χ1) is 19.2. The minimum atomic E-state index is -0.110. The topological polar surface area (TPSA) is 43.8 Å². The lowest BCUT2D eigenvalue weighted by atomic mass is 9.88. The van der Waals surface area contributed by atoms with E-state index in [-0.39, 0.29) is 6.29 Å². The maximum Gasteiger partial charge on any atom is 0.159 e. The summed E-state index contributed by atoms with van der Waals surface area (Å²) in [5.74, 6) is 2.04. The second-order valence-corrected chi connectivity index (χ2v) is 11.2. The van der Waals surface area contributed by atoms with E-state index in [4.69, 9.17) is 19.2 Å². The molecular weight excluding hydrogens is 484 g/mol. The number of hydrogen-bond acceptors (Lipinski definition) is 5. The van der Waals surface area contributed by atoms with Gasteiger partial charge in [0, 0.05) is 56.7 Å². The van der Waals surface area contributed by atoms with Crippen LogP contribution in [0.25, 0.3) is 11.1 Å². The van der Waals surface area contributed by atoms with Crippen LogP contribution in [0.2, 0.25) is 0 Å². The summed E-state index contributed by atoms with van der Waals surface area (Å²) in [6, 6.07) is 20.4. The molecule has 2 heterocycles. The zero-order valence-electron chi connectivity index (χ0n) is 23.5. The van der Waals surface area contributed by atoms with Crippen LogP contribution < -0.4 is 9.64 Å². The summed E-state index contributed by atoms with van der Waals surface area (Å²) in [7, 11) is 5.23. The third-order valence-corrected chi connectivity index (χ3v) is 8.80. The van der Waals surface area contributed by atoms with Gasteiger partial charge < -0.3 is 19.1 Å². The van der Waals surface area contributed by atoms with Crippen molar-refractivity contribution in [2.45, 2.75) is 57.2 Å². The Morgan fingerprint density at radius 1 is 0.821 bits per heavy atom. The fourth-order valence-electron chi connectivity index (χ4n) is 6.46. The molecule has 0 bridgehead atoms. The van der Waals surface area contributed by atoms with Crippen molar-refractivity contribution in [1.82, 2.24) is 4.98 Å². The van der Waals surface area contributed by atoms with Crippen molar-refractivity contribution in [3.05, 3.63) is 88.7 Å². The molecule has 204 valence electrons. The number of ether oxygens (including phenoxy) is 3. The van der Waals surface area contributed by atoms with Crippen LogP contribution in [-0.2, 0) is 15.9 Å². The summed E-state index contributed by atoms with van der Waals surface area (Å²) in [5, 5.41) is 0. The number of hydrogen-bond donors (Lipinski definition) is 0. The number of aryl methyl sites for hydroxylation is 1. The van der Waals surface area contributed by atoms with E-state index in [9.17, 15) is 0 Å². The van der Waals surface area contributed by atoms with E-state index in [1.165, 1.54) is 57.6 Å². The molecule has 2 aliphatic carbocycles. The highest BCUT2D eigenvalue weighted by Crippen LogP contribution is 2.43. The summed E-state index contributed by atoms with van der Waals surface area (Å²) in [6.45, 7) is 2.03. The highest BCUT2D eigenvalue weighted by Gasteiger charge is 2.28. The molecular formula is C34H40N2O3. The number of rotatable bonds is 8. The van der Waals surface area contributed by atoms with Gasteiger partial charge in [-0.2, -0.15) is 0 Å². The van der Waals surface area contributed by atoms with E-state index >= 15 is 0 Å². The summed E-state index contributed by atoms with van der Waals surface area (Å²) < 4.78 is 16.6. The third kappa shape index (κ3) is 5.48. The predicted octanol–water partition coefficient (Wildman–Crippen LogP) is 7.10. The normalized spacial score (nSPS) is 18.3. The highest BCUT2D eigenvalue weighted by atomic mass is 16.7. The molecule has 5 heteroatoms. The van der Waals surface area contributed by atoms with Gasteiger partial charge in [0.15, 0.2) is 6.29 Å². The molecule has 0 spiro atoms. The Labute approximate surface area is 232 Å². The van der Waals surface area contributed by atoms with Gasteiger partial charge in [-0.3, -0.25) is 4.98 Å². The van der Waals surface area contributed by atoms with Crippen molar-refractivity contribution in [3.8, 4) is 5.75 Å². The molecule has 0 atom stereocenters. The molecule has 0 radical (unpaired) electrons. The Morgan fingerprint density at radius 3 is 2.21 bits per heavy atom. The Balaban J connectivity index is 1.33. The summed E-state index contributed by atoms with van der Waals surface area (Å²) in [4.78, 5) is 7.38. The van der Waals surface area contributed by atoms with Crippen molar-refractivity contribution in [2.24, 2.45) is 5.92 Å². The van der Waals surface area contributed by atoms with E-state index in [0.717, 1.165) is 50.9 Å². The Bertz CT molecular complexity index is 1300. The molecule has 2 aromatic carbocycles. The average Bonchev–Trinajstić information content (AvgIpc) is 3.85. The molecule has 6 rings (SSSR count). The van der Waals surface area contributed by atoms with Crippen LogP contribution in [0.15, 0.2) is 60.8 Å². The number of fused-ring (bicyclic) bond motifs is 1. The number of methoxy groups -OCH3 is 3. The summed E-state index contributed by atoms with van der Waals surface area (Å²) in [5.41, 5.74) is 10.4. The van der Waals surface area contributed by atoms with Crippen LogP contribution in [0.5, 0.6) is 5.75 Å². The zero-order chi connectivity index (χ0) is 26.8. The van der Waals surface area contributed by atoms with E-state index in [1.807, 2.05) is 0 Å². The molecule has 1 saturated heterocycles. The largest absolute Gasteiger partial charge is 0.497 e. The first-order valence-electron chi connectivity index (χ1n) is 14.5. The number of allylic oxidation sites excluding steroid dienone is 1. The van der Waals surface area contributed by atoms with Crippen LogP contribution >= 0.6 is 0 Å². The van der Waals surface area contributed by atoms with Crippen LogP contribution in [0, 0.1) is 5.92 Å². The van der Waals surface area contributed by atoms with E-state index in [0.29, 0.717) is 11.8 Å². The highest BCUT2D eigenvalue weighted by molar-refractivity contribution is 6.00. The molecule has 0 unspecified atom stereocenters. The van der Waals surface area contributed by atoms with Gasteiger partial charge in [0.2, 0.25) is 0 Å². The second-order valence-electron chi connectivity index (χ2n) is 11.2. The predicted molar refractivity (Wildman–Crippen MR) is 157 cm³/mol. The number of nitrogens with zero attached hydrogens (tertiary/aromatic N) is 2. The monoisotopic (exact) mass is 524 g/mol. The minimum absolute atomic E-state index is 0.110. The zero-order valence-corrected chi connectivity index (χ0v) is 23.5. The van der Waals surface area contributed by atoms with Crippen LogP contribution in [0.4, 0.5) is 5.69 Å². The van der Waals surface area contributed by atoms with Gasteiger partial charge in [-0.25, -0.2) is 0 Å². The second kappa shape index (κ2) is 11.5. The SMILES string of the molecule is COc1ccc2c(c1)CCCC(c1ccc(C3CC3)nc1)=C2c1ccc(N2CCC(C(OC)OC)CC2)cc1. The lowest BCUT2D eigenvalue weighted by Crippen LogP contribution is -2.39. The lowest BCUT2D eigenvalue weighted by molar-refractivity contribution is -0.141. The van der Waals surface area contributed by atoms with Crippen LogP contribution in [0.1, 0.15) is 72.4 Å². The first-order valence-corrected chi connectivity index (χ1v) is 14.5. The van der Waals surface area contributed by atoms with Crippen molar-refractivity contribution in [1.29, 1.82) is 0 Å². The Kier molecular flexibility index (Phi) is 7.71. The molecule has 39 heavy (non-hydrogen) atoms. The number of aromatic nitrogens is 1. The summed E-state index contributed by atoms with van der Waals surface area (Å²) in [6.07, 6.45) is 9.89. The van der Waals surface area contributed by atoms with Crippen molar-refractivity contribution >= 4 is 16.8 Å². The lowest BCUT2D eigenvalue weighted by Gasteiger charge is -2.36. The summed E-state index contributed by atoms with van der Waals surface area (Å²) >= 11 is 0. The maximum atomic E-state index is 5.59. The molecule has 2 fully saturated rings. The number of benzene rings is 2. The van der Waals surface area contributed by atoms with Gasteiger partial charge in [0.1, 0.15) is 5.75 Å². The van der Waals surface area contributed by atoms with Crippen molar-refractivity contribution < 1.29 is 14.2 Å². The molecule has 3 aromatic rings. The Morgan fingerprint density at radius 2 is 1.56 bits per heavy atom. The van der Waals surface area contributed by atoms with Gasteiger partial charge in [0.25, 0.3) is 0 Å². The maximum absolute atomic E-state index is 5.59. The van der Waals surface area contributed by atoms with Gasteiger partial charge in [-0.05, 0) is 109 Å². The fourth-order valence-corrected chi connectivity index (χ4v) is 6.46. The van der Waals surface area contributed by atoms with Gasteiger partial charge in [-0.15, -0.1) is 0 Å². The van der Waals surface area contributed by atoms with Crippen molar-refractivity contribution in [2.75, 3.05) is 39.3 Å².